The summed E-state index contributed by atoms with van der Waals surface area (Å²) in [5, 5.41) is 12.4. The quantitative estimate of drug-likeness (QED) is 0.114. The Bertz CT molecular complexity index is 509. The van der Waals surface area contributed by atoms with Crippen molar-refractivity contribution < 1.29 is 19.4 Å². The van der Waals surface area contributed by atoms with Crippen LogP contribution in [0.2, 0.25) is 0 Å². The minimum Gasteiger partial charge on any atom is -0.478 e. The second-order valence-electron chi connectivity index (χ2n) is 8.67. The molecule has 0 aromatic rings. The van der Waals surface area contributed by atoms with Crippen LogP contribution in [-0.2, 0) is 9.53 Å². The number of hydrogen-bond acceptors (Lipinski definition) is 4. The van der Waals surface area contributed by atoms with E-state index in [2.05, 4.69) is 19.2 Å². The lowest BCUT2D eigenvalue weighted by Crippen LogP contribution is -2.25. The third kappa shape index (κ3) is 24.0. The lowest BCUT2D eigenvalue weighted by molar-refractivity contribution is -0.132. The Morgan fingerprint density at radius 3 is 1.56 bits per heavy atom. The third-order valence-corrected chi connectivity index (χ3v) is 6.79. The van der Waals surface area contributed by atoms with E-state index in [-0.39, 0.29) is 5.57 Å². The smallest absolute Gasteiger partial charge is 0.412 e. The maximum atomic E-state index is 12.1. The second-order valence-corrected chi connectivity index (χ2v) is 9.78. The van der Waals surface area contributed by atoms with Gasteiger partial charge in [0.2, 0.25) is 0 Å². The number of unbranched alkanes of at least 4 members (excludes halogenated alkanes) is 15. The largest absolute Gasteiger partial charge is 0.478 e. The van der Waals surface area contributed by atoms with Gasteiger partial charge in [-0.15, -0.1) is 11.8 Å². The molecule has 0 saturated carbocycles. The summed E-state index contributed by atoms with van der Waals surface area (Å²) in [6.07, 6.45) is 20.2. The van der Waals surface area contributed by atoms with Gasteiger partial charge in [0, 0.05) is 0 Å². The summed E-state index contributed by atoms with van der Waals surface area (Å²) in [6, 6.07) is 0. The van der Waals surface area contributed by atoms with Gasteiger partial charge in [0.15, 0.2) is 0 Å². The lowest BCUT2D eigenvalue weighted by Gasteiger charge is -2.12. The van der Waals surface area contributed by atoms with E-state index in [0.29, 0.717) is 11.6 Å². The Labute approximate surface area is 215 Å². The minimum absolute atomic E-state index is 0.161. The summed E-state index contributed by atoms with van der Waals surface area (Å²) >= 11 is 1.40. The van der Waals surface area contributed by atoms with Crippen LogP contribution in [0.25, 0.3) is 0 Å². The molecular formula is C28H55NO4S. The van der Waals surface area contributed by atoms with E-state index in [9.17, 15) is 14.7 Å². The first-order valence-corrected chi connectivity index (χ1v) is 15.0. The highest BCUT2D eigenvalue weighted by molar-refractivity contribution is 8.03. The molecule has 0 aliphatic rings. The number of ether oxygens (including phenoxy) is 1. The van der Waals surface area contributed by atoms with Crippen LogP contribution in [0.5, 0.6) is 0 Å². The normalized spacial score (nSPS) is 11.3. The maximum Gasteiger partial charge on any atom is 0.412 e. The van der Waals surface area contributed by atoms with Gasteiger partial charge in [0.05, 0.1) is 17.2 Å². The first kappa shape index (κ1) is 35.0. The zero-order valence-electron chi connectivity index (χ0n) is 23.0. The monoisotopic (exact) mass is 501 g/mol. The van der Waals surface area contributed by atoms with E-state index in [4.69, 9.17) is 4.74 Å². The number of alkyl carbamates (subject to hydrolysis) is 1. The lowest BCUT2D eigenvalue weighted by atomic mass is 10.1. The third-order valence-electron chi connectivity index (χ3n) is 5.60. The Hall–Kier alpha value is -1.17. The first-order chi connectivity index (χ1) is 16.5. The van der Waals surface area contributed by atoms with Gasteiger partial charge in [-0.1, -0.05) is 124 Å². The van der Waals surface area contributed by atoms with Gasteiger partial charge < -0.3 is 9.84 Å². The molecule has 1 amide bonds. The van der Waals surface area contributed by atoms with Crippen LogP contribution in [0.4, 0.5) is 4.79 Å². The van der Waals surface area contributed by atoms with Crippen molar-refractivity contribution in [3.63, 3.8) is 0 Å². The van der Waals surface area contributed by atoms with Crippen molar-refractivity contribution in [2.45, 2.75) is 144 Å². The van der Waals surface area contributed by atoms with Gasteiger partial charge in [-0.05, 0) is 25.5 Å². The van der Waals surface area contributed by atoms with Crippen LogP contribution in [0, 0.1) is 0 Å². The van der Waals surface area contributed by atoms with E-state index in [0.717, 1.165) is 31.4 Å². The van der Waals surface area contributed by atoms with Crippen LogP contribution in [0.15, 0.2) is 10.6 Å². The van der Waals surface area contributed by atoms with Crippen molar-refractivity contribution >= 4 is 23.8 Å². The molecule has 2 N–H and O–H groups in total. The molecule has 0 aromatic carbocycles. The molecule has 0 aliphatic carbocycles. The van der Waals surface area contributed by atoms with Crippen molar-refractivity contribution in [2.75, 3.05) is 12.4 Å². The number of carbonyl (C=O) groups excluding carboxylic acids is 1. The van der Waals surface area contributed by atoms with E-state index < -0.39 is 12.1 Å². The molecule has 0 unspecified atom stereocenters. The van der Waals surface area contributed by atoms with Crippen molar-refractivity contribution in [2.24, 2.45) is 0 Å². The van der Waals surface area contributed by atoms with Crippen molar-refractivity contribution in [1.29, 1.82) is 0 Å². The molecule has 5 nitrogen and oxygen atoms in total. The highest BCUT2D eigenvalue weighted by Gasteiger charge is 2.14. The predicted octanol–water partition coefficient (Wildman–Crippen LogP) is 9.46. The number of nitrogens with one attached hydrogen (secondary N) is 1. The molecule has 0 radical (unpaired) electrons. The summed E-state index contributed by atoms with van der Waals surface area (Å²) in [7, 11) is 0. The SMILES string of the molecule is CC.CCCCCCCCCCCCOC(=O)N/C(SCCCCCCCCC)=C(/C)C(=O)O. The number of carboxylic acid groups (broad SMARTS) is 1. The Morgan fingerprint density at radius 1 is 0.706 bits per heavy atom. The van der Waals surface area contributed by atoms with Crippen LogP contribution >= 0.6 is 11.8 Å². The molecule has 0 saturated heterocycles. The number of thioether (sulfide) groups is 1. The topological polar surface area (TPSA) is 75.6 Å². The Balaban J connectivity index is 0. The van der Waals surface area contributed by atoms with E-state index >= 15 is 0 Å². The maximum absolute atomic E-state index is 12.1. The molecule has 0 atom stereocenters. The van der Waals surface area contributed by atoms with Gasteiger partial charge in [-0.25, -0.2) is 9.59 Å². The summed E-state index contributed by atoms with van der Waals surface area (Å²) < 4.78 is 5.27. The first-order valence-electron chi connectivity index (χ1n) is 14.0. The van der Waals surface area contributed by atoms with Gasteiger partial charge >= 0.3 is 12.1 Å². The summed E-state index contributed by atoms with van der Waals surface area (Å²) in [5.74, 6) is -0.214. The minimum atomic E-state index is -1.01. The van der Waals surface area contributed by atoms with Crippen LogP contribution in [0.3, 0.4) is 0 Å². The summed E-state index contributed by atoms with van der Waals surface area (Å²) in [6.45, 7) is 10.4. The van der Waals surface area contributed by atoms with Gasteiger partial charge in [0.25, 0.3) is 0 Å². The molecule has 0 bridgehead atoms. The number of amides is 1. The average molecular weight is 502 g/mol. The summed E-state index contributed by atoms with van der Waals surface area (Å²) in [4.78, 5) is 23.5. The van der Waals surface area contributed by atoms with E-state index in [1.807, 2.05) is 13.8 Å². The average Bonchev–Trinajstić information content (AvgIpc) is 2.84. The number of aliphatic carboxylic acids is 1. The Kier molecular flexibility index (Phi) is 28.9. The fourth-order valence-electron chi connectivity index (χ4n) is 3.45. The number of hydrogen-bond donors (Lipinski definition) is 2. The molecule has 0 aliphatic heterocycles. The molecule has 0 aromatic heterocycles. The van der Waals surface area contributed by atoms with Crippen molar-refractivity contribution in [3.8, 4) is 0 Å². The number of rotatable bonds is 22. The highest BCUT2D eigenvalue weighted by Crippen LogP contribution is 2.20. The predicted molar refractivity (Wildman–Crippen MR) is 148 cm³/mol. The van der Waals surface area contributed by atoms with E-state index in [1.54, 1.807) is 0 Å². The van der Waals surface area contributed by atoms with Gasteiger partial charge in [-0.3, -0.25) is 5.32 Å². The van der Waals surface area contributed by atoms with E-state index in [1.165, 1.54) is 102 Å². The molecule has 202 valence electrons. The fraction of sp³-hybridized carbons (Fsp3) is 0.857. The van der Waals surface area contributed by atoms with Crippen molar-refractivity contribution in [3.05, 3.63) is 10.6 Å². The second kappa shape index (κ2) is 28.1. The van der Waals surface area contributed by atoms with Gasteiger partial charge in [0.1, 0.15) is 0 Å². The molecular weight excluding hydrogens is 446 g/mol. The molecule has 0 rings (SSSR count). The standard InChI is InChI=1S/C26H49NO4S.C2H6/c1-4-6-8-10-12-13-14-15-17-19-21-31-26(30)27-24(23(3)25(28)29)32-22-20-18-16-11-9-7-5-2;1-2/h4-22H2,1-3H3,(H,27,30)(H,28,29);1-2H3/b24-23+;. The van der Waals surface area contributed by atoms with Crippen LogP contribution in [0.1, 0.15) is 144 Å². The summed E-state index contributed by atoms with van der Waals surface area (Å²) in [5.41, 5.74) is 0.161. The van der Waals surface area contributed by atoms with Crippen LogP contribution < -0.4 is 5.32 Å². The number of carbonyl (C=O) groups is 2. The van der Waals surface area contributed by atoms with Crippen molar-refractivity contribution in [1.82, 2.24) is 5.32 Å². The molecule has 34 heavy (non-hydrogen) atoms. The Morgan fingerprint density at radius 2 is 1.12 bits per heavy atom. The molecule has 6 heteroatoms. The zero-order valence-corrected chi connectivity index (χ0v) is 23.8. The molecule has 0 fully saturated rings. The van der Waals surface area contributed by atoms with Gasteiger partial charge in [-0.2, -0.15) is 0 Å². The fourth-order valence-corrected chi connectivity index (χ4v) is 4.46. The van der Waals surface area contributed by atoms with Crippen LogP contribution in [-0.4, -0.2) is 29.5 Å². The highest BCUT2D eigenvalue weighted by atomic mass is 32.2. The molecule has 0 spiro atoms. The number of carboxylic acids is 1. The zero-order chi connectivity index (χ0) is 25.9. The molecule has 0 heterocycles.